The van der Waals surface area contributed by atoms with Gasteiger partial charge in [-0.25, -0.2) is 0 Å². The Kier molecular flexibility index (Phi) is 3.87. The lowest BCUT2D eigenvalue weighted by Gasteiger charge is -2.18. The summed E-state index contributed by atoms with van der Waals surface area (Å²) in [4.78, 5) is 14.6. The van der Waals surface area contributed by atoms with Crippen molar-refractivity contribution in [1.82, 2.24) is 0 Å². The van der Waals surface area contributed by atoms with Crippen LogP contribution < -0.4 is 4.90 Å². The van der Waals surface area contributed by atoms with Gasteiger partial charge in [0.15, 0.2) is 0 Å². The summed E-state index contributed by atoms with van der Waals surface area (Å²) < 4.78 is 0. The molecule has 3 rings (SSSR count). The number of anilines is 1. The Morgan fingerprint density at radius 2 is 1.62 bits per heavy atom. The predicted molar refractivity (Wildman–Crippen MR) is 87.2 cm³/mol. The number of fused-ring (bicyclic) bond motifs is 1. The third kappa shape index (κ3) is 2.49. The van der Waals surface area contributed by atoms with Crippen molar-refractivity contribution in [2.75, 3.05) is 4.90 Å². The van der Waals surface area contributed by atoms with Gasteiger partial charge in [-0.2, -0.15) is 0 Å². The van der Waals surface area contributed by atoms with Gasteiger partial charge in [0, 0.05) is 16.8 Å². The van der Waals surface area contributed by atoms with Crippen LogP contribution in [0.5, 0.6) is 0 Å². The van der Waals surface area contributed by atoms with E-state index >= 15 is 0 Å². The third-order valence-electron chi connectivity index (χ3n) is 3.79. The van der Waals surface area contributed by atoms with Crippen LogP contribution in [0.1, 0.15) is 42.1 Å². The van der Waals surface area contributed by atoms with E-state index in [9.17, 15) is 4.79 Å². The molecule has 0 saturated heterocycles. The van der Waals surface area contributed by atoms with E-state index < -0.39 is 0 Å². The molecule has 21 heavy (non-hydrogen) atoms. The highest BCUT2D eigenvalue weighted by Crippen LogP contribution is 2.36. The van der Waals surface area contributed by atoms with Crippen molar-refractivity contribution in [2.45, 2.75) is 26.2 Å². The monoisotopic (exact) mass is 277 g/mol. The maximum Gasteiger partial charge on any atom is 0.263 e. The SMILES string of the molecule is CCCCC=C1c2ccccc2C(=O)N1c1ccccc1. The number of carbonyl (C=O) groups excluding carboxylic acids is 1. The Balaban J connectivity index is 2.06. The van der Waals surface area contributed by atoms with Crippen molar-refractivity contribution >= 4 is 17.3 Å². The van der Waals surface area contributed by atoms with E-state index in [1.54, 1.807) is 0 Å². The minimum atomic E-state index is 0.0690. The molecular formula is C19H19NO. The van der Waals surface area contributed by atoms with Crippen LogP contribution in [0.2, 0.25) is 0 Å². The molecule has 1 heterocycles. The number of nitrogens with zero attached hydrogens (tertiary/aromatic N) is 1. The number of hydrogen-bond donors (Lipinski definition) is 0. The summed E-state index contributed by atoms with van der Waals surface area (Å²) in [5, 5.41) is 0. The van der Waals surface area contributed by atoms with Crippen molar-refractivity contribution in [2.24, 2.45) is 0 Å². The van der Waals surface area contributed by atoms with Crippen LogP contribution in [0, 0.1) is 0 Å². The third-order valence-corrected chi connectivity index (χ3v) is 3.79. The average Bonchev–Trinajstić information content (AvgIpc) is 2.82. The second-order valence-corrected chi connectivity index (χ2v) is 5.25. The van der Waals surface area contributed by atoms with Crippen LogP contribution in [-0.2, 0) is 0 Å². The highest BCUT2D eigenvalue weighted by atomic mass is 16.2. The number of carbonyl (C=O) groups is 1. The minimum absolute atomic E-state index is 0.0690. The van der Waals surface area contributed by atoms with E-state index in [1.807, 2.05) is 59.5 Å². The minimum Gasteiger partial charge on any atom is -0.277 e. The lowest BCUT2D eigenvalue weighted by molar-refractivity contribution is 0.101. The van der Waals surface area contributed by atoms with Crippen LogP contribution >= 0.6 is 0 Å². The molecule has 2 heteroatoms. The summed E-state index contributed by atoms with van der Waals surface area (Å²) >= 11 is 0. The molecule has 2 aromatic carbocycles. The second kappa shape index (κ2) is 5.96. The van der Waals surface area contributed by atoms with Crippen LogP contribution in [0.3, 0.4) is 0 Å². The Labute approximate surface area is 125 Å². The molecule has 0 aliphatic carbocycles. The van der Waals surface area contributed by atoms with Gasteiger partial charge in [-0.05, 0) is 31.0 Å². The zero-order chi connectivity index (χ0) is 14.7. The normalized spacial score (nSPS) is 15.6. The van der Waals surface area contributed by atoms with E-state index in [4.69, 9.17) is 0 Å². The van der Waals surface area contributed by atoms with E-state index in [0.29, 0.717) is 0 Å². The predicted octanol–water partition coefficient (Wildman–Crippen LogP) is 4.88. The molecule has 0 unspecified atom stereocenters. The van der Waals surface area contributed by atoms with Gasteiger partial charge in [0.1, 0.15) is 0 Å². The van der Waals surface area contributed by atoms with Crippen LogP contribution in [0.25, 0.3) is 5.70 Å². The number of benzene rings is 2. The summed E-state index contributed by atoms with van der Waals surface area (Å²) in [6, 6.07) is 17.7. The fraction of sp³-hybridized carbons (Fsp3) is 0.211. The molecule has 1 aliphatic heterocycles. The molecule has 1 amide bonds. The molecule has 0 saturated carbocycles. The van der Waals surface area contributed by atoms with Crippen molar-refractivity contribution in [3.63, 3.8) is 0 Å². The highest BCUT2D eigenvalue weighted by molar-refractivity contribution is 6.22. The van der Waals surface area contributed by atoms with Crippen molar-refractivity contribution in [1.29, 1.82) is 0 Å². The number of amides is 1. The molecule has 1 aliphatic rings. The summed E-state index contributed by atoms with van der Waals surface area (Å²) in [5.41, 5.74) is 3.79. The first kappa shape index (κ1) is 13.6. The van der Waals surface area contributed by atoms with Gasteiger partial charge in [-0.15, -0.1) is 0 Å². The molecule has 0 N–H and O–H groups in total. The number of unbranched alkanes of at least 4 members (excludes halogenated alkanes) is 2. The standard InChI is InChI=1S/C19H19NO/c1-2-3-5-14-18-16-12-8-9-13-17(16)19(21)20(18)15-10-6-4-7-11-15/h4,6-14H,2-3,5H2,1H3. The first-order chi connectivity index (χ1) is 10.3. The Morgan fingerprint density at radius 1 is 0.952 bits per heavy atom. The van der Waals surface area contributed by atoms with E-state index in [0.717, 1.165) is 41.8 Å². The maximum atomic E-state index is 12.7. The molecule has 2 aromatic rings. The smallest absolute Gasteiger partial charge is 0.263 e. The Morgan fingerprint density at radius 3 is 2.33 bits per heavy atom. The molecule has 0 radical (unpaired) electrons. The largest absolute Gasteiger partial charge is 0.277 e. The summed E-state index contributed by atoms with van der Waals surface area (Å²) in [7, 11) is 0. The molecule has 0 spiro atoms. The zero-order valence-electron chi connectivity index (χ0n) is 12.3. The van der Waals surface area contributed by atoms with Gasteiger partial charge in [0.25, 0.3) is 5.91 Å². The summed E-state index contributed by atoms with van der Waals surface area (Å²) in [5.74, 6) is 0.0690. The Hall–Kier alpha value is -2.35. The average molecular weight is 277 g/mol. The number of rotatable bonds is 4. The molecule has 0 atom stereocenters. The van der Waals surface area contributed by atoms with E-state index in [1.165, 1.54) is 0 Å². The van der Waals surface area contributed by atoms with Gasteiger partial charge in [0.05, 0.1) is 5.70 Å². The van der Waals surface area contributed by atoms with Gasteiger partial charge in [0.2, 0.25) is 0 Å². The Bertz CT molecular complexity index is 673. The van der Waals surface area contributed by atoms with Crippen molar-refractivity contribution in [3.05, 3.63) is 71.8 Å². The van der Waals surface area contributed by atoms with Crippen LogP contribution in [0.4, 0.5) is 5.69 Å². The highest BCUT2D eigenvalue weighted by Gasteiger charge is 2.32. The maximum absolute atomic E-state index is 12.7. The topological polar surface area (TPSA) is 20.3 Å². The molecule has 2 nitrogen and oxygen atoms in total. The second-order valence-electron chi connectivity index (χ2n) is 5.25. The molecule has 0 fully saturated rings. The number of allylic oxidation sites excluding steroid dienone is 1. The van der Waals surface area contributed by atoms with Crippen molar-refractivity contribution in [3.8, 4) is 0 Å². The van der Waals surface area contributed by atoms with Gasteiger partial charge < -0.3 is 0 Å². The summed E-state index contributed by atoms with van der Waals surface area (Å²) in [6.45, 7) is 2.18. The first-order valence-electron chi connectivity index (χ1n) is 7.52. The lowest BCUT2D eigenvalue weighted by atomic mass is 10.1. The quantitative estimate of drug-likeness (QED) is 0.729. The van der Waals surface area contributed by atoms with Crippen LogP contribution in [0.15, 0.2) is 60.7 Å². The van der Waals surface area contributed by atoms with Gasteiger partial charge in [-0.3, -0.25) is 9.69 Å². The molecular weight excluding hydrogens is 258 g/mol. The number of para-hydroxylation sites is 1. The molecule has 0 bridgehead atoms. The molecule has 106 valence electrons. The molecule has 0 aromatic heterocycles. The van der Waals surface area contributed by atoms with Gasteiger partial charge >= 0.3 is 0 Å². The zero-order valence-corrected chi connectivity index (χ0v) is 12.3. The first-order valence-corrected chi connectivity index (χ1v) is 7.52. The van der Waals surface area contributed by atoms with E-state index in [-0.39, 0.29) is 5.91 Å². The van der Waals surface area contributed by atoms with Crippen molar-refractivity contribution < 1.29 is 4.79 Å². The van der Waals surface area contributed by atoms with Crippen LogP contribution in [-0.4, -0.2) is 5.91 Å². The number of hydrogen-bond acceptors (Lipinski definition) is 1. The lowest BCUT2D eigenvalue weighted by Crippen LogP contribution is -2.22. The fourth-order valence-corrected chi connectivity index (χ4v) is 2.72. The van der Waals surface area contributed by atoms with E-state index in [2.05, 4.69) is 13.0 Å². The summed E-state index contributed by atoms with van der Waals surface area (Å²) in [6.07, 6.45) is 5.49. The van der Waals surface area contributed by atoms with Gasteiger partial charge in [-0.1, -0.05) is 55.8 Å². The fourth-order valence-electron chi connectivity index (χ4n) is 2.72.